The molecule has 0 aliphatic carbocycles. The second-order valence-electron chi connectivity index (χ2n) is 8.53. The topological polar surface area (TPSA) is 78.9 Å². The number of nitrogens with zero attached hydrogens (tertiary/aromatic N) is 1. The van der Waals surface area contributed by atoms with E-state index < -0.39 is 0 Å². The first-order valence-corrected chi connectivity index (χ1v) is 12.1. The number of anilines is 1. The molecule has 2 amide bonds. The molecule has 0 aliphatic heterocycles. The van der Waals surface area contributed by atoms with Gasteiger partial charge in [-0.05, 0) is 46.9 Å². The average molecular weight is 483 g/mol. The van der Waals surface area contributed by atoms with Gasteiger partial charge in [-0.3, -0.25) is 4.79 Å². The maximum Gasteiger partial charge on any atom is 0.322 e. The van der Waals surface area contributed by atoms with E-state index in [2.05, 4.69) is 29.6 Å². The van der Waals surface area contributed by atoms with E-state index in [9.17, 15) is 14.7 Å². The molecule has 4 rings (SSSR count). The van der Waals surface area contributed by atoms with Gasteiger partial charge in [0.25, 0.3) is 0 Å². The molecule has 36 heavy (non-hydrogen) atoms. The summed E-state index contributed by atoms with van der Waals surface area (Å²) in [6.45, 7) is 0.504. The number of aliphatic hydroxyl groups excluding tert-OH is 1. The van der Waals surface area contributed by atoms with Crippen LogP contribution >= 0.6 is 0 Å². The second-order valence-corrected chi connectivity index (χ2v) is 8.53. The van der Waals surface area contributed by atoms with Gasteiger partial charge < -0.3 is 20.1 Å². The minimum absolute atomic E-state index is 0.145. The summed E-state index contributed by atoms with van der Waals surface area (Å²) < 4.78 is 5.60. The number of esters is 1. The maximum absolute atomic E-state index is 12.9. The van der Waals surface area contributed by atoms with Gasteiger partial charge in [-0.1, -0.05) is 84.9 Å². The third-order valence-corrected chi connectivity index (χ3v) is 5.95. The lowest BCUT2D eigenvalue weighted by Gasteiger charge is -2.23. The minimum Gasteiger partial charge on any atom is -0.424 e. The first-order valence-electron chi connectivity index (χ1n) is 12.1. The molecule has 0 atom stereocenters. The van der Waals surface area contributed by atoms with E-state index in [1.807, 2.05) is 48.5 Å². The number of rotatable bonds is 10. The molecule has 0 aromatic heterocycles. The molecule has 0 heterocycles. The van der Waals surface area contributed by atoms with Crippen molar-refractivity contribution >= 4 is 28.5 Å². The average Bonchev–Trinajstić information content (AvgIpc) is 2.91. The summed E-state index contributed by atoms with van der Waals surface area (Å²) in [5.41, 5.74) is 2.57. The second kappa shape index (κ2) is 12.5. The largest absolute Gasteiger partial charge is 0.424 e. The van der Waals surface area contributed by atoms with Crippen molar-refractivity contribution in [3.8, 4) is 5.75 Å². The van der Waals surface area contributed by atoms with Crippen molar-refractivity contribution in [2.75, 3.05) is 25.0 Å². The van der Waals surface area contributed by atoms with Gasteiger partial charge in [0.1, 0.15) is 0 Å². The van der Waals surface area contributed by atoms with E-state index in [0.29, 0.717) is 30.8 Å². The normalized spacial score (nSPS) is 10.7. The third-order valence-electron chi connectivity index (χ3n) is 5.95. The van der Waals surface area contributed by atoms with E-state index in [1.165, 1.54) is 0 Å². The Kier molecular flexibility index (Phi) is 8.67. The van der Waals surface area contributed by atoms with Crippen LogP contribution in [0.15, 0.2) is 97.1 Å². The quantitative estimate of drug-likeness (QED) is 0.233. The van der Waals surface area contributed by atoms with Crippen LogP contribution in [-0.2, 0) is 17.6 Å². The fourth-order valence-corrected chi connectivity index (χ4v) is 4.01. The summed E-state index contributed by atoms with van der Waals surface area (Å²) in [6.07, 6.45) is 1.44. The smallest absolute Gasteiger partial charge is 0.322 e. The standard InChI is InChI=1S/C30H30N2O4/c33-21-20-32(19-18-23-8-2-1-3-9-23)30(35)31-27-12-6-7-13-28(27)36-29(34)17-15-24-14-16-25-10-4-5-11-26(25)22-24/h1-14,16,22,33H,15,17-21H2,(H,31,35). The minimum atomic E-state index is -0.374. The molecule has 0 aliphatic rings. The highest BCUT2D eigenvalue weighted by Crippen LogP contribution is 2.25. The van der Waals surface area contributed by atoms with Crippen molar-refractivity contribution in [3.05, 3.63) is 108 Å². The van der Waals surface area contributed by atoms with Crippen LogP contribution in [0.25, 0.3) is 10.8 Å². The lowest BCUT2D eigenvalue weighted by Crippen LogP contribution is -2.38. The maximum atomic E-state index is 12.9. The zero-order valence-corrected chi connectivity index (χ0v) is 20.1. The zero-order valence-electron chi connectivity index (χ0n) is 20.1. The van der Waals surface area contributed by atoms with E-state index in [1.54, 1.807) is 29.2 Å². The Morgan fingerprint density at radius 2 is 1.47 bits per heavy atom. The summed E-state index contributed by atoms with van der Waals surface area (Å²) in [5.74, 6) is -0.0810. The van der Waals surface area contributed by atoms with Gasteiger partial charge in [0.05, 0.1) is 12.3 Å². The monoisotopic (exact) mass is 482 g/mol. The molecule has 4 aromatic rings. The highest BCUT2D eigenvalue weighted by molar-refractivity contribution is 5.91. The van der Waals surface area contributed by atoms with Crippen molar-refractivity contribution in [3.63, 3.8) is 0 Å². The number of carbonyl (C=O) groups is 2. The molecule has 0 saturated carbocycles. The molecule has 0 radical (unpaired) electrons. The number of urea groups is 1. The molecule has 0 bridgehead atoms. The lowest BCUT2D eigenvalue weighted by atomic mass is 10.0. The molecule has 6 heteroatoms. The number of hydrogen-bond donors (Lipinski definition) is 2. The van der Waals surface area contributed by atoms with Crippen molar-refractivity contribution < 1.29 is 19.4 Å². The summed E-state index contributed by atoms with van der Waals surface area (Å²) >= 11 is 0. The number of aryl methyl sites for hydroxylation is 1. The van der Waals surface area contributed by atoms with Gasteiger partial charge in [0.2, 0.25) is 0 Å². The summed E-state index contributed by atoms with van der Waals surface area (Å²) in [7, 11) is 0. The SMILES string of the molecule is O=C(CCc1ccc2ccccc2c1)Oc1ccccc1NC(=O)N(CCO)CCc1ccccc1. The Balaban J connectivity index is 1.35. The number of carbonyl (C=O) groups excluding carboxylic acids is 2. The van der Waals surface area contributed by atoms with Gasteiger partial charge in [0, 0.05) is 19.5 Å². The van der Waals surface area contributed by atoms with Crippen LogP contribution in [0.4, 0.5) is 10.5 Å². The van der Waals surface area contributed by atoms with Crippen LogP contribution < -0.4 is 10.1 Å². The zero-order chi connectivity index (χ0) is 25.2. The molecule has 6 nitrogen and oxygen atoms in total. The lowest BCUT2D eigenvalue weighted by molar-refractivity contribution is -0.134. The first kappa shape index (κ1) is 24.9. The Bertz CT molecular complexity index is 1310. The Labute approximate surface area is 211 Å². The fourth-order valence-electron chi connectivity index (χ4n) is 4.01. The fraction of sp³-hybridized carbons (Fsp3) is 0.200. The number of para-hydroxylation sites is 2. The van der Waals surface area contributed by atoms with E-state index in [4.69, 9.17) is 4.74 Å². The van der Waals surface area contributed by atoms with E-state index in [-0.39, 0.29) is 31.6 Å². The Morgan fingerprint density at radius 1 is 0.750 bits per heavy atom. The number of fused-ring (bicyclic) bond motifs is 1. The van der Waals surface area contributed by atoms with Gasteiger partial charge in [-0.15, -0.1) is 0 Å². The number of hydrogen-bond acceptors (Lipinski definition) is 4. The van der Waals surface area contributed by atoms with E-state index >= 15 is 0 Å². The van der Waals surface area contributed by atoms with Crippen molar-refractivity contribution in [1.82, 2.24) is 4.90 Å². The number of amides is 2. The highest BCUT2D eigenvalue weighted by atomic mass is 16.5. The van der Waals surface area contributed by atoms with Crippen molar-refractivity contribution in [2.45, 2.75) is 19.3 Å². The molecule has 0 unspecified atom stereocenters. The predicted octanol–water partition coefficient (Wildman–Crippen LogP) is 5.45. The molecule has 0 fully saturated rings. The molecule has 0 saturated heterocycles. The summed E-state index contributed by atoms with van der Waals surface area (Å²) in [6, 6.07) is 30.6. The van der Waals surface area contributed by atoms with Gasteiger partial charge >= 0.3 is 12.0 Å². The van der Waals surface area contributed by atoms with Gasteiger partial charge in [-0.25, -0.2) is 4.79 Å². The molecule has 0 spiro atoms. The van der Waals surface area contributed by atoms with Crippen molar-refractivity contribution in [1.29, 1.82) is 0 Å². The molecule has 184 valence electrons. The summed E-state index contributed by atoms with van der Waals surface area (Å²) in [5, 5.41) is 14.6. The van der Waals surface area contributed by atoms with Crippen LogP contribution in [0.3, 0.4) is 0 Å². The molecule has 2 N–H and O–H groups in total. The van der Waals surface area contributed by atoms with Crippen LogP contribution in [-0.4, -0.2) is 41.7 Å². The molecular weight excluding hydrogens is 452 g/mol. The number of nitrogens with one attached hydrogen (secondary N) is 1. The van der Waals surface area contributed by atoms with Crippen LogP contribution in [0.5, 0.6) is 5.75 Å². The number of benzene rings is 4. The van der Waals surface area contributed by atoms with E-state index in [0.717, 1.165) is 21.9 Å². The molecule has 4 aromatic carbocycles. The Morgan fingerprint density at radius 3 is 2.28 bits per heavy atom. The highest BCUT2D eigenvalue weighted by Gasteiger charge is 2.16. The van der Waals surface area contributed by atoms with Crippen LogP contribution in [0.1, 0.15) is 17.5 Å². The third kappa shape index (κ3) is 6.93. The predicted molar refractivity (Wildman–Crippen MR) is 142 cm³/mol. The number of aliphatic hydroxyl groups is 1. The Hall–Kier alpha value is -4.16. The van der Waals surface area contributed by atoms with Crippen molar-refractivity contribution in [2.24, 2.45) is 0 Å². The van der Waals surface area contributed by atoms with Gasteiger partial charge in [0.15, 0.2) is 5.75 Å². The number of ether oxygens (including phenoxy) is 1. The summed E-state index contributed by atoms with van der Waals surface area (Å²) in [4.78, 5) is 27.1. The van der Waals surface area contributed by atoms with Crippen LogP contribution in [0.2, 0.25) is 0 Å². The first-order chi connectivity index (χ1) is 17.6. The van der Waals surface area contributed by atoms with Crippen LogP contribution in [0, 0.1) is 0 Å². The van der Waals surface area contributed by atoms with Gasteiger partial charge in [-0.2, -0.15) is 0 Å². The molecular formula is C30H30N2O4.